The van der Waals surface area contributed by atoms with Crippen molar-refractivity contribution in [3.8, 4) is 0 Å². The molecular formula is C13H22N2O3. The Kier molecular flexibility index (Phi) is 4.63. The Morgan fingerprint density at radius 1 is 1.50 bits per heavy atom. The van der Waals surface area contributed by atoms with Crippen molar-refractivity contribution in [2.75, 3.05) is 20.3 Å². The van der Waals surface area contributed by atoms with Gasteiger partial charge in [-0.05, 0) is 25.7 Å². The highest BCUT2D eigenvalue weighted by Crippen LogP contribution is 2.24. The van der Waals surface area contributed by atoms with Gasteiger partial charge in [0.15, 0.2) is 6.29 Å². The molecule has 1 unspecified atom stereocenters. The maximum Gasteiger partial charge on any atom is 0.182 e. The zero-order chi connectivity index (χ0) is 13.0. The zero-order valence-electron chi connectivity index (χ0n) is 10.8. The van der Waals surface area contributed by atoms with Crippen LogP contribution in [-0.2, 0) is 9.47 Å². The average molecular weight is 254 g/mol. The molecule has 0 bridgehead atoms. The number of methoxy groups -OCH3 is 1. The molecule has 2 aliphatic rings. The molecule has 0 radical (unpaired) electrons. The third-order valence-corrected chi connectivity index (χ3v) is 3.48. The number of aliphatic hydroxyl groups excluding tert-OH is 1. The Labute approximate surface area is 108 Å². The number of nitrogens with two attached hydrogens (primary N) is 1. The van der Waals surface area contributed by atoms with E-state index in [0.717, 1.165) is 44.6 Å². The second-order valence-electron chi connectivity index (χ2n) is 4.71. The van der Waals surface area contributed by atoms with Gasteiger partial charge in [-0.3, -0.25) is 0 Å². The zero-order valence-corrected chi connectivity index (χ0v) is 10.8. The van der Waals surface area contributed by atoms with Gasteiger partial charge in [0.05, 0.1) is 5.70 Å². The number of aliphatic hydroxyl groups is 1. The Balaban J connectivity index is 2.04. The van der Waals surface area contributed by atoms with Crippen molar-refractivity contribution in [3.05, 3.63) is 23.0 Å². The summed E-state index contributed by atoms with van der Waals surface area (Å²) in [5.74, 6) is 0. The fourth-order valence-corrected chi connectivity index (χ4v) is 2.39. The molecule has 2 rings (SSSR count). The van der Waals surface area contributed by atoms with E-state index in [1.807, 2.05) is 6.08 Å². The standard InChI is InChI=1S/C13H22N2O3/c1-17-13(16)10-3-2-4-11(12(10)14)15-9-5-7-18-8-6-9/h3,9,13,15-16H,2,4-8,14H2,1H3. The van der Waals surface area contributed by atoms with Gasteiger partial charge in [0, 0.05) is 37.6 Å². The van der Waals surface area contributed by atoms with Crippen LogP contribution in [0, 0.1) is 0 Å². The molecule has 4 N–H and O–H groups in total. The van der Waals surface area contributed by atoms with Crippen LogP contribution in [0.1, 0.15) is 25.7 Å². The van der Waals surface area contributed by atoms with Gasteiger partial charge < -0.3 is 25.6 Å². The number of hydrogen-bond donors (Lipinski definition) is 3. The van der Waals surface area contributed by atoms with E-state index >= 15 is 0 Å². The minimum atomic E-state index is -0.934. The Bertz CT molecular complexity index is 346. The number of ether oxygens (including phenoxy) is 2. The van der Waals surface area contributed by atoms with Gasteiger partial charge >= 0.3 is 0 Å². The molecular weight excluding hydrogens is 232 g/mol. The van der Waals surface area contributed by atoms with Crippen LogP contribution in [0.5, 0.6) is 0 Å². The molecule has 5 heteroatoms. The molecule has 1 aliphatic carbocycles. The van der Waals surface area contributed by atoms with Gasteiger partial charge in [-0.2, -0.15) is 0 Å². The van der Waals surface area contributed by atoms with Crippen molar-refractivity contribution in [1.29, 1.82) is 0 Å². The maximum absolute atomic E-state index is 9.72. The number of allylic oxidation sites excluding steroid dienone is 2. The second-order valence-corrected chi connectivity index (χ2v) is 4.71. The van der Waals surface area contributed by atoms with Crippen LogP contribution in [0.2, 0.25) is 0 Å². The van der Waals surface area contributed by atoms with Gasteiger partial charge in [0.1, 0.15) is 0 Å². The third-order valence-electron chi connectivity index (χ3n) is 3.48. The van der Waals surface area contributed by atoms with Gasteiger partial charge in [-0.1, -0.05) is 6.08 Å². The molecule has 102 valence electrons. The minimum absolute atomic E-state index is 0.423. The highest BCUT2D eigenvalue weighted by atomic mass is 16.6. The van der Waals surface area contributed by atoms with Crippen LogP contribution in [0.25, 0.3) is 0 Å². The lowest BCUT2D eigenvalue weighted by Crippen LogP contribution is -2.37. The van der Waals surface area contributed by atoms with E-state index in [1.165, 1.54) is 7.11 Å². The lowest BCUT2D eigenvalue weighted by atomic mass is 9.98. The molecule has 5 nitrogen and oxygen atoms in total. The first-order valence-electron chi connectivity index (χ1n) is 6.46. The normalized spacial score (nSPS) is 23.8. The lowest BCUT2D eigenvalue weighted by Gasteiger charge is -2.29. The predicted molar refractivity (Wildman–Crippen MR) is 68.5 cm³/mol. The Morgan fingerprint density at radius 3 is 2.89 bits per heavy atom. The summed E-state index contributed by atoms with van der Waals surface area (Å²) in [5, 5.41) is 13.2. The summed E-state index contributed by atoms with van der Waals surface area (Å²) in [7, 11) is 1.47. The highest BCUT2D eigenvalue weighted by molar-refractivity contribution is 5.37. The smallest absolute Gasteiger partial charge is 0.182 e. The van der Waals surface area contributed by atoms with Crippen LogP contribution < -0.4 is 11.1 Å². The first-order valence-corrected chi connectivity index (χ1v) is 6.46. The summed E-state index contributed by atoms with van der Waals surface area (Å²) in [6.07, 6.45) is 4.78. The van der Waals surface area contributed by atoms with E-state index in [4.69, 9.17) is 15.2 Å². The Hall–Kier alpha value is -1.04. The molecule has 0 aromatic carbocycles. The molecule has 1 fully saturated rings. The highest BCUT2D eigenvalue weighted by Gasteiger charge is 2.22. The third kappa shape index (κ3) is 3.04. The first kappa shape index (κ1) is 13.4. The van der Waals surface area contributed by atoms with E-state index in [0.29, 0.717) is 17.3 Å². The quantitative estimate of drug-likeness (QED) is 0.641. The minimum Gasteiger partial charge on any atom is -0.397 e. The van der Waals surface area contributed by atoms with Crippen molar-refractivity contribution >= 4 is 0 Å². The van der Waals surface area contributed by atoms with Crippen molar-refractivity contribution < 1.29 is 14.6 Å². The van der Waals surface area contributed by atoms with Crippen molar-refractivity contribution in [2.45, 2.75) is 38.0 Å². The summed E-state index contributed by atoms with van der Waals surface area (Å²) in [6, 6.07) is 0.423. The van der Waals surface area contributed by atoms with Crippen LogP contribution in [0.15, 0.2) is 23.0 Å². The van der Waals surface area contributed by atoms with E-state index in [1.54, 1.807) is 0 Å². The molecule has 1 aliphatic heterocycles. The predicted octanol–water partition coefficient (Wildman–Crippen LogP) is 0.610. The summed E-state index contributed by atoms with van der Waals surface area (Å²) < 4.78 is 10.3. The topological polar surface area (TPSA) is 76.7 Å². The molecule has 1 saturated heterocycles. The molecule has 18 heavy (non-hydrogen) atoms. The van der Waals surface area contributed by atoms with Crippen molar-refractivity contribution in [3.63, 3.8) is 0 Å². The Morgan fingerprint density at radius 2 is 2.22 bits per heavy atom. The molecule has 0 aromatic rings. The van der Waals surface area contributed by atoms with Gasteiger partial charge in [-0.25, -0.2) is 0 Å². The van der Waals surface area contributed by atoms with Crippen LogP contribution in [0.3, 0.4) is 0 Å². The molecule has 0 spiro atoms. The molecule has 0 amide bonds. The van der Waals surface area contributed by atoms with Gasteiger partial charge in [-0.15, -0.1) is 0 Å². The summed E-state index contributed by atoms with van der Waals surface area (Å²) in [4.78, 5) is 0. The van der Waals surface area contributed by atoms with E-state index in [-0.39, 0.29) is 0 Å². The fourth-order valence-electron chi connectivity index (χ4n) is 2.39. The average Bonchev–Trinajstić information content (AvgIpc) is 2.41. The van der Waals surface area contributed by atoms with Gasteiger partial charge in [0.2, 0.25) is 0 Å². The van der Waals surface area contributed by atoms with Crippen LogP contribution in [-0.4, -0.2) is 37.8 Å². The second kappa shape index (κ2) is 6.22. The number of nitrogens with one attached hydrogen (secondary N) is 1. The van der Waals surface area contributed by atoms with E-state index in [9.17, 15) is 5.11 Å². The molecule has 0 aromatic heterocycles. The first-order chi connectivity index (χ1) is 8.72. The largest absolute Gasteiger partial charge is 0.397 e. The molecule has 0 saturated carbocycles. The summed E-state index contributed by atoms with van der Waals surface area (Å²) >= 11 is 0. The lowest BCUT2D eigenvalue weighted by molar-refractivity contribution is -0.0436. The van der Waals surface area contributed by atoms with Crippen LogP contribution >= 0.6 is 0 Å². The maximum atomic E-state index is 9.72. The van der Waals surface area contributed by atoms with E-state index < -0.39 is 6.29 Å². The number of rotatable bonds is 4. The number of hydrogen-bond acceptors (Lipinski definition) is 5. The summed E-state index contributed by atoms with van der Waals surface area (Å²) in [6.45, 7) is 1.60. The fraction of sp³-hybridized carbons (Fsp3) is 0.692. The SMILES string of the molecule is COC(O)C1=CCCC(NC2CCOCC2)=C1N. The van der Waals surface area contributed by atoms with Gasteiger partial charge in [0.25, 0.3) is 0 Å². The molecule has 1 atom stereocenters. The van der Waals surface area contributed by atoms with Crippen LogP contribution in [0.4, 0.5) is 0 Å². The van der Waals surface area contributed by atoms with Crippen molar-refractivity contribution in [1.82, 2.24) is 5.32 Å². The van der Waals surface area contributed by atoms with Crippen molar-refractivity contribution in [2.24, 2.45) is 5.73 Å². The van der Waals surface area contributed by atoms with E-state index in [2.05, 4.69) is 5.32 Å². The molecule has 1 heterocycles. The summed E-state index contributed by atoms with van der Waals surface area (Å²) in [5.41, 5.74) is 8.42. The monoisotopic (exact) mass is 254 g/mol.